The van der Waals surface area contributed by atoms with Gasteiger partial charge in [0, 0.05) is 6.42 Å². The van der Waals surface area contributed by atoms with E-state index in [9.17, 15) is 9.18 Å². The molecule has 0 saturated carbocycles. The molecule has 1 aromatic carbocycles. The van der Waals surface area contributed by atoms with Crippen molar-refractivity contribution < 1.29 is 9.18 Å². The minimum atomic E-state index is -0.374. The Labute approximate surface area is 112 Å². The first kappa shape index (κ1) is 14.9. The fourth-order valence-corrected chi connectivity index (χ4v) is 1.77. The summed E-state index contributed by atoms with van der Waals surface area (Å²) in [7, 11) is 0. The van der Waals surface area contributed by atoms with Crippen molar-refractivity contribution in [1.82, 2.24) is 0 Å². The van der Waals surface area contributed by atoms with Crippen molar-refractivity contribution in [2.24, 2.45) is 5.73 Å². The molecule has 1 amide bonds. The summed E-state index contributed by atoms with van der Waals surface area (Å²) in [5.41, 5.74) is 6.28. The van der Waals surface area contributed by atoms with E-state index < -0.39 is 0 Å². The van der Waals surface area contributed by atoms with Crippen LogP contribution in [0.4, 0.5) is 10.1 Å². The van der Waals surface area contributed by atoms with Gasteiger partial charge in [-0.3, -0.25) is 4.79 Å². The highest BCUT2D eigenvalue weighted by atomic mass is 35.5. The molecule has 3 N–H and O–H groups in total. The first-order chi connectivity index (χ1) is 8.54. The fraction of sp³-hybridized carbons (Fsp3) is 0.462. The maximum absolute atomic E-state index is 13.2. The van der Waals surface area contributed by atoms with Crippen molar-refractivity contribution in [3.63, 3.8) is 0 Å². The average Bonchev–Trinajstić information content (AvgIpc) is 2.32. The molecular weight excluding hydrogens is 255 g/mol. The van der Waals surface area contributed by atoms with Crippen molar-refractivity contribution in [3.05, 3.63) is 28.5 Å². The zero-order valence-electron chi connectivity index (χ0n) is 10.4. The van der Waals surface area contributed by atoms with Crippen LogP contribution in [0.3, 0.4) is 0 Å². The van der Waals surface area contributed by atoms with Gasteiger partial charge in [-0.2, -0.15) is 0 Å². The van der Waals surface area contributed by atoms with E-state index in [-0.39, 0.29) is 16.7 Å². The Hall–Kier alpha value is -1.13. The number of rotatable bonds is 6. The highest BCUT2D eigenvalue weighted by Gasteiger charge is 2.08. The summed E-state index contributed by atoms with van der Waals surface area (Å²) in [5, 5.41) is 2.90. The van der Waals surface area contributed by atoms with E-state index in [4.69, 9.17) is 17.3 Å². The fourth-order valence-electron chi connectivity index (χ4n) is 1.57. The second-order valence-electron chi connectivity index (χ2n) is 4.23. The summed E-state index contributed by atoms with van der Waals surface area (Å²) in [6.07, 6.45) is 3.07. The van der Waals surface area contributed by atoms with Gasteiger partial charge in [-0.1, -0.05) is 18.0 Å². The van der Waals surface area contributed by atoms with Crippen LogP contribution >= 0.6 is 11.6 Å². The molecule has 0 aromatic heterocycles. The van der Waals surface area contributed by atoms with Crippen molar-refractivity contribution in [1.29, 1.82) is 0 Å². The second kappa shape index (κ2) is 7.34. The van der Waals surface area contributed by atoms with Crippen LogP contribution in [0.1, 0.15) is 31.2 Å². The van der Waals surface area contributed by atoms with Crippen LogP contribution in [0.15, 0.2) is 12.1 Å². The SMILES string of the molecule is Cc1cc(NC(=O)CCCCCN)c(Cl)cc1F. The van der Waals surface area contributed by atoms with Gasteiger partial charge in [0.2, 0.25) is 5.91 Å². The minimum Gasteiger partial charge on any atom is -0.330 e. The normalized spacial score (nSPS) is 10.4. The van der Waals surface area contributed by atoms with E-state index in [1.54, 1.807) is 6.92 Å². The van der Waals surface area contributed by atoms with E-state index in [1.165, 1.54) is 12.1 Å². The van der Waals surface area contributed by atoms with Crippen molar-refractivity contribution in [2.45, 2.75) is 32.6 Å². The number of hydrogen-bond donors (Lipinski definition) is 2. The number of nitrogens with two attached hydrogens (primary N) is 1. The summed E-state index contributed by atoms with van der Waals surface area (Å²) in [5.74, 6) is -0.485. The summed E-state index contributed by atoms with van der Waals surface area (Å²) in [6.45, 7) is 2.27. The van der Waals surface area contributed by atoms with Crippen LogP contribution in [-0.4, -0.2) is 12.5 Å². The number of halogens is 2. The van der Waals surface area contributed by atoms with Gasteiger partial charge < -0.3 is 11.1 Å². The molecule has 5 heteroatoms. The molecule has 0 saturated heterocycles. The average molecular weight is 273 g/mol. The quantitative estimate of drug-likeness (QED) is 0.781. The number of amides is 1. The van der Waals surface area contributed by atoms with Gasteiger partial charge in [0.15, 0.2) is 0 Å². The Morgan fingerprint density at radius 1 is 1.39 bits per heavy atom. The first-order valence-corrected chi connectivity index (χ1v) is 6.38. The van der Waals surface area contributed by atoms with Gasteiger partial charge in [0.1, 0.15) is 5.82 Å². The number of hydrogen-bond acceptors (Lipinski definition) is 2. The Morgan fingerprint density at radius 2 is 2.11 bits per heavy atom. The Morgan fingerprint density at radius 3 is 2.78 bits per heavy atom. The monoisotopic (exact) mass is 272 g/mol. The minimum absolute atomic E-state index is 0.111. The van der Waals surface area contributed by atoms with E-state index in [0.29, 0.717) is 24.2 Å². The van der Waals surface area contributed by atoms with Crippen LogP contribution in [-0.2, 0) is 4.79 Å². The smallest absolute Gasteiger partial charge is 0.224 e. The molecule has 0 spiro atoms. The number of unbranched alkanes of at least 4 members (excludes halogenated alkanes) is 2. The first-order valence-electron chi connectivity index (χ1n) is 6.00. The maximum atomic E-state index is 13.2. The molecule has 0 fully saturated rings. The van der Waals surface area contributed by atoms with E-state index in [0.717, 1.165) is 19.3 Å². The third-order valence-corrected chi connectivity index (χ3v) is 2.94. The topological polar surface area (TPSA) is 55.1 Å². The number of nitrogens with one attached hydrogen (secondary N) is 1. The molecule has 3 nitrogen and oxygen atoms in total. The third kappa shape index (κ3) is 4.63. The molecular formula is C13H18ClFN2O. The lowest BCUT2D eigenvalue weighted by molar-refractivity contribution is -0.116. The van der Waals surface area contributed by atoms with Gasteiger partial charge in [0.05, 0.1) is 10.7 Å². The number of anilines is 1. The van der Waals surface area contributed by atoms with E-state index >= 15 is 0 Å². The summed E-state index contributed by atoms with van der Waals surface area (Å²) >= 11 is 5.86. The number of benzene rings is 1. The molecule has 0 aliphatic carbocycles. The lowest BCUT2D eigenvalue weighted by atomic mass is 10.1. The molecule has 0 aliphatic heterocycles. The predicted octanol–water partition coefficient (Wildman–Crippen LogP) is 3.25. The van der Waals surface area contributed by atoms with Gasteiger partial charge in [-0.25, -0.2) is 4.39 Å². The lowest BCUT2D eigenvalue weighted by Crippen LogP contribution is -2.12. The van der Waals surface area contributed by atoms with Crippen LogP contribution in [0, 0.1) is 12.7 Å². The molecule has 18 heavy (non-hydrogen) atoms. The van der Waals surface area contributed by atoms with Crippen LogP contribution in [0.25, 0.3) is 0 Å². The molecule has 0 aliphatic rings. The zero-order chi connectivity index (χ0) is 13.5. The Kier molecular flexibility index (Phi) is 6.09. The lowest BCUT2D eigenvalue weighted by Gasteiger charge is -2.08. The molecule has 0 bridgehead atoms. The van der Waals surface area contributed by atoms with Crippen molar-refractivity contribution in [2.75, 3.05) is 11.9 Å². The van der Waals surface area contributed by atoms with Gasteiger partial charge in [-0.05, 0) is 44.0 Å². The highest BCUT2D eigenvalue weighted by molar-refractivity contribution is 6.33. The standard InChI is InChI=1S/C13H18ClFN2O/c1-9-7-12(10(14)8-11(9)15)17-13(18)5-3-2-4-6-16/h7-8H,2-6,16H2,1H3,(H,17,18). The van der Waals surface area contributed by atoms with Crippen LogP contribution in [0.2, 0.25) is 5.02 Å². The second-order valence-corrected chi connectivity index (χ2v) is 4.64. The Bertz CT molecular complexity index is 424. The molecule has 0 heterocycles. The zero-order valence-corrected chi connectivity index (χ0v) is 11.2. The number of carbonyl (C=O) groups is 1. The summed E-state index contributed by atoms with van der Waals surface area (Å²) in [4.78, 5) is 11.6. The number of aryl methyl sites for hydroxylation is 1. The molecule has 0 atom stereocenters. The summed E-state index contributed by atoms with van der Waals surface area (Å²) in [6, 6.07) is 2.75. The van der Waals surface area contributed by atoms with Crippen molar-refractivity contribution >= 4 is 23.2 Å². The molecule has 1 rings (SSSR count). The third-order valence-electron chi connectivity index (χ3n) is 2.63. The van der Waals surface area contributed by atoms with Crippen LogP contribution < -0.4 is 11.1 Å². The van der Waals surface area contributed by atoms with Gasteiger partial charge >= 0.3 is 0 Å². The maximum Gasteiger partial charge on any atom is 0.224 e. The van der Waals surface area contributed by atoms with Crippen molar-refractivity contribution in [3.8, 4) is 0 Å². The Balaban J connectivity index is 2.51. The van der Waals surface area contributed by atoms with E-state index in [2.05, 4.69) is 5.32 Å². The predicted molar refractivity (Wildman–Crippen MR) is 72.3 cm³/mol. The van der Waals surface area contributed by atoms with E-state index in [1.807, 2.05) is 0 Å². The van der Waals surface area contributed by atoms with Gasteiger partial charge in [0.25, 0.3) is 0 Å². The summed E-state index contributed by atoms with van der Waals surface area (Å²) < 4.78 is 13.2. The number of carbonyl (C=O) groups excluding carboxylic acids is 1. The van der Waals surface area contributed by atoms with Gasteiger partial charge in [-0.15, -0.1) is 0 Å². The largest absolute Gasteiger partial charge is 0.330 e. The molecule has 100 valence electrons. The highest BCUT2D eigenvalue weighted by Crippen LogP contribution is 2.25. The molecule has 0 unspecified atom stereocenters. The van der Waals surface area contributed by atoms with Crippen LogP contribution in [0.5, 0.6) is 0 Å². The molecule has 0 radical (unpaired) electrons. The molecule has 1 aromatic rings.